The predicted octanol–water partition coefficient (Wildman–Crippen LogP) is 0.874. The molecule has 13 heavy (non-hydrogen) atoms. The fourth-order valence-corrected chi connectivity index (χ4v) is 1.20. The molecule has 0 spiro atoms. The Morgan fingerprint density at radius 3 is 3.08 bits per heavy atom. The van der Waals surface area contributed by atoms with Crippen molar-refractivity contribution in [2.24, 2.45) is 0 Å². The molecular formula is C9H9N3O. The van der Waals surface area contributed by atoms with Gasteiger partial charge in [-0.1, -0.05) is 0 Å². The van der Waals surface area contributed by atoms with Crippen molar-refractivity contribution in [2.75, 3.05) is 7.05 Å². The first-order valence-electron chi connectivity index (χ1n) is 3.97. The summed E-state index contributed by atoms with van der Waals surface area (Å²) in [4.78, 5) is 18.3. The van der Waals surface area contributed by atoms with Crippen molar-refractivity contribution < 1.29 is 4.79 Å². The van der Waals surface area contributed by atoms with Gasteiger partial charge in [0.05, 0.1) is 11.4 Å². The van der Waals surface area contributed by atoms with Crippen LogP contribution in [0, 0.1) is 0 Å². The summed E-state index contributed by atoms with van der Waals surface area (Å²) in [5, 5.41) is 2.55. The molecule has 1 amide bonds. The Morgan fingerprint density at radius 1 is 1.46 bits per heavy atom. The van der Waals surface area contributed by atoms with Gasteiger partial charge in [-0.3, -0.25) is 9.78 Å². The van der Waals surface area contributed by atoms with Gasteiger partial charge >= 0.3 is 0 Å². The molecule has 66 valence electrons. The van der Waals surface area contributed by atoms with E-state index in [4.69, 9.17) is 0 Å². The first-order chi connectivity index (χ1) is 6.31. The highest BCUT2D eigenvalue weighted by atomic mass is 16.1. The summed E-state index contributed by atoms with van der Waals surface area (Å²) in [5.74, 6) is -0.122. The number of nitrogens with zero attached hydrogens (tertiary/aromatic N) is 1. The zero-order chi connectivity index (χ0) is 9.26. The lowest BCUT2D eigenvalue weighted by Gasteiger charge is -2.02. The third-order valence-corrected chi connectivity index (χ3v) is 1.88. The molecule has 2 N–H and O–H groups in total. The smallest absolute Gasteiger partial charge is 0.267 e. The molecule has 0 aliphatic carbocycles. The van der Waals surface area contributed by atoms with E-state index in [1.54, 1.807) is 19.3 Å². The molecule has 4 heteroatoms. The molecule has 2 aliphatic rings. The van der Waals surface area contributed by atoms with Crippen LogP contribution in [0.2, 0.25) is 0 Å². The molecule has 0 saturated heterocycles. The van der Waals surface area contributed by atoms with Crippen LogP contribution in [0.4, 0.5) is 0 Å². The number of pyridine rings is 1. The molecule has 0 aromatic heterocycles. The zero-order valence-electron chi connectivity index (χ0n) is 7.16. The van der Waals surface area contributed by atoms with Crippen LogP contribution < -0.4 is 5.32 Å². The van der Waals surface area contributed by atoms with Crippen LogP contribution in [0.5, 0.6) is 0 Å². The van der Waals surface area contributed by atoms with Crippen molar-refractivity contribution in [3.05, 3.63) is 30.1 Å². The predicted molar refractivity (Wildman–Crippen MR) is 48.6 cm³/mol. The fraction of sp³-hybridized carbons (Fsp3) is 0.111. The topological polar surface area (TPSA) is 57.8 Å². The van der Waals surface area contributed by atoms with Crippen LogP contribution in [0.3, 0.4) is 0 Å². The minimum absolute atomic E-state index is 0.122. The van der Waals surface area contributed by atoms with Crippen molar-refractivity contribution in [1.29, 1.82) is 0 Å². The van der Waals surface area contributed by atoms with Gasteiger partial charge in [-0.25, -0.2) is 0 Å². The lowest BCUT2D eigenvalue weighted by molar-refractivity contribution is 0.0958. The summed E-state index contributed by atoms with van der Waals surface area (Å²) in [5.41, 5.74) is 2.29. The van der Waals surface area contributed by atoms with Crippen molar-refractivity contribution in [3.63, 3.8) is 0 Å². The van der Waals surface area contributed by atoms with Gasteiger partial charge in [-0.05, 0) is 18.2 Å². The summed E-state index contributed by atoms with van der Waals surface area (Å²) >= 11 is 0. The van der Waals surface area contributed by atoms with Crippen molar-refractivity contribution in [3.8, 4) is 11.4 Å². The van der Waals surface area contributed by atoms with E-state index >= 15 is 0 Å². The third kappa shape index (κ3) is 1.26. The number of amides is 1. The molecule has 0 radical (unpaired) electrons. The average Bonchev–Trinajstić information content (AvgIpc) is 2.63. The summed E-state index contributed by atoms with van der Waals surface area (Å²) in [7, 11) is 1.60. The number of fused-ring (bicyclic) bond motifs is 1. The van der Waals surface area contributed by atoms with E-state index in [0.29, 0.717) is 5.69 Å². The Labute approximate surface area is 75.3 Å². The Kier molecular flexibility index (Phi) is 1.73. The Bertz CT molecular complexity index is 407. The number of rotatable bonds is 1. The molecule has 0 saturated carbocycles. The SMILES string of the molecule is CNC(=O)c1ccc2nccc-2[nH]1. The molecule has 0 aromatic carbocycles. The second-order valence-corrected chi connectivity index (χ2v) is 2.69. The minimum atomic E-state index is -0.122. The Hall–Kier alpha value is -1.84. The highest BCUT2D eigenvalue weighted by Gasteiger charge is 2.08. The van der Waals surface area contributed by atoms with Gasteiger partial charge in [-0.2, -0.15) is 0 Å². The largest absolute Gasteiger partial charge is 0.354 e. The first-order valence-corrected chi connectivity index (χ1v) is 3.97. The van der Waals surface area contributed by atoms with Crippen LogP contribution in [0.25, 0.3) is 11.4 Å². The van der Waals surface area contributed by atoms with E-state index < -0.39 is 0 Å². The average molecular weight is 175 g/mol. The van der Waals surface area contributed by atoms with Crippen LogP contribution in [-0.4, -0.2) is 22.9 Å². The number of aromatic nitrogens is 2. The molecular weight excluding hydrogens is 166 g/mol. The van der Waals surface area contributed by atoms with Gasteiger partial charge in [-0.15, -0.1) is 0 Å². The van der Waals surface area contributed by atoms with Crippen molar-refractivity contribution in [1.82, 2.24) is 15.3 Å². The maximum Gasteiger partial charge on any atom is 0.267 e. The Morgan fingerprint density at radius 2 is 2.31 bits per heavy atom. The van der Waals surface area contributed by atoms with Gasteiger partial charge in [0, 0.05) is 13.2 Å². The minimum Gasteiger partial charge on any atom is -0.354 e. The highest BCUT2D eigenvalue weighted by molar-refractivity contribution is 5.92. The first kappa shape index (κ1) is 7.79. The van der Waals surface area contributed by atoms with E-state index in [2.05, 4.69) is 15.3 Å². The van der Waals surface area contributed by atoms with Crippen molar-refractivity contribution >= 4 is 5.91 Å². The number of hydrogen-bond donors (Lipinski definition) is 2. The second-order valence-electron chi connectivity index (χ2n) is 2.69. The fourth-order valence-electron chi connectivity index (χ4n) is 1.20. The van der Waals surface area contributed by atoms with Crippen molar-refractivity contribution in [2.45, 2.75) is 0 Å². The lowest BCUT2D eigenvalue weighted by atomic mass is 10.2. The van der Waals surface area contributed by atoms with Crippen LogP contribution >= 0.6 is 0 Å². The number of nitrogens with one attached hydrogen (secondary N) is 2. The maximum atomic E-state index is 11.2. The van der Waals surface area contributed by atoms with E-state index in [0.717, 1.165) is 11.4 Å². The third-order valence-electron chi connectivity index (χ3n) is 1.88. The highest BCUT2D eigenvalue weighted by Crippen LogP contribution is 2.16. The second kappa shape index (κ2) is 2.90. The summed E-state index contributed by atoms with van der Waals surface area (Å²) in [6, 6.07) is 5.37. The molecule has 0 atom stereocenters. The zero-order valence-corrected chi connectivity index (χ0v) is 7.16. The normalized spacial score (nSPS) is 10.2. The molecule has 4 nitrogen and oxygen atoms in total. The van der Waals surface area contributed by atoms with E-state index in [9.17, 15) is 4.79 Å². The van der Waals surface area contributed by atoms with Gasteiger partial charge in [0.1, 0.15) is 5.69 Å². The number of H-pyrrole nitrogens is 1. The van der Waals surface area contributed by atoms with Gasteiger partial charge in [0.2, 0.25) is 0 Å². The number of hydrogen-bond acceptors (Lipinski definition) is 2. The molecule has 2 aliphatic heterocycles. The number of carbonyl (C=O) groups excluding carboxylic acids is 1. The number of aromatic amines is 1. The standard InChI is InChI=1S/C9H9N3O/c1-10-9(13)8-3-2-6-7(12-8)4-5-11-6/h2-5,12H,1H3,(H,10,13). The molecule has 2 heterocycles. The lowest BCUT2D eigenvalue weighted by Crippen LogP contribution is -2.19. The summed E-state index contributed by atoms with van der Waals surface area (Å²) < 4.78 is 0. The summed E-state index contributed by atoms with van der Waals surface area (Å²) in [6.45, 7) is 0. The van der Waals surface area contributed by atoms with Crippen LogP contribution in [0.1, 0.15) is 10.5 Å². The monoisotopic (exact) mass is 175 g/mol. The number of carbonyl (C=O) groups is 1. The van der Waals surface area contributed by atoms with Gasteiger partial charge in [0.15, 0.2) is 0 Å². The van der Waals surface area contributed by atoms with Gasteiger partial charge < -0.3 is 10.3 Å². The van der Waals surface area contributed by atoms with Gasteiger partial charge in [0.25, 0.3) is 5.91 Å². The maximum absolute atomic E-state index is 11.2. The van der Waals surface area contributed by atoms with Crippen LogP contribution in [-0.2, 0) is 0 Å². The van der Waals surface area contributed by atoms with Crippen LogP contribution in [0.15, 0.2) is 24.4 Å². The quantitative estimate of drug-likeness (QED) is 0.675. The Balaban J connectivity index is 2.49. The molecule has 0 bridgehead atoms. The molecule has 0 fully saturated rings. The van der Waals surface area contributed by atoms with E-state index in [-0.39, 0.29) is 5.91 Å². The molecule has 0 unspecified atom stereocenters. The molecule has 0 aromatic rings. The summed E-state index contributed by atoms with van der Waals surface area (Å²) in [6.07, 6.45) is 1.70. The van der Waals surface area contributed by atoms with E-state index in [1.165, 1.54) is 0 Å². The molecule has 2 rings (SSSR count). The van der Waals surface area contributed by atoms with E-state index in [1.807, 2.05) is 12.1 Å².